The van der Waals surface area contributed by atoms with Gasteiger partial charge in [0, 0.05) is 31.4 Å². The smallest absolute Gasteiger partial charge is 0.315 e. The molecule has 3 aliphatic rings. The summed E-state index contributed by atoms with van der Waals surface area (Å²) in [5.74, 6) is 0.735. The Morgan fingerprint density at radius 1 is 1.07 bits per heavy atom. The Hall–Kier alpha value is -2.24. The molecule has 158 valence electrons. The van der Waals surface area contributed by atoms with Gasteiger partial charge in [-0.2, -0.15) is 0 Å². The van der Waals surface area contributed by atoms with E-state index in [0.717, 1.165) is 25.9 Å². The summed E-state index contributed by atoms with van der Waals surface area (Å²) in [5.41, 5.74) is 3.15. The van der Waals surface area contributed by atoms with Crippen molar-refractivity contribution in [1.29, 1.82) is 0 Å². The van der Waals surface area contributed by atoms with Gasteiger partial charge in [0.15, 0.2) is 0 Å². The third-order valence-electron chi connectivity index (χ3n) is 6.97. The predicted octanol–water partition coefficient (Wildman–Crippen LogP) is 3.45. The number of benzene rings is 1. The van der Waals surface area contributed by atoms with Crippen molar-refractivity contribution in [2.24, 2.45) is 5.41 Å². The normalized spacial score (nSPS) is 25.4. The van der Waals surface area contributed by atoms with E-state index in [9.17, 15) is 9.59 Å². The average molecular weight is 399 g/mol. The van der Waals surface area contributed by atoms with Crippen molar-refractivity contribution in [3.05, 3.63) is 29.8 Å². The molecule has 0 spiro atoms. The number of likely N-dealkylation sites (tertiary alicyclic amines) is 1. The SMILES string of the molecule is CC1(C)CCC(c2ccc(NC3CCN(C(=O)C4CNC(=O)N4)CC3)cc2)CC1. The molecule has 2 aliphatic heterocycles. The highest BCUT2D eigenvalue weighted by atomic mass is 16.2. The van der Waals surface area contributed by atoms with Gasteiger partial charge >= 0.3 is 6.03 Å². The Morgan fingerprint density at radius 2 is 1.72 bits per heavy atom. The highest BCUT2D eigenvalue weighted by Crippen LogP contribution is 2.42. The molecule has 6 heteroatoms. The second kappa shape index (κ2) is 8.25. The molecule has 1 aliphatic carbocycles. The first-order chi connectivity index (χ1) is 13.9. The first kappa shape index (κ1) is 20.0. The molecule has 0 aromatic heterocycles. The minimum absolute atomic E-state index is 0.0295. The van der Waals surface area contributed by atoms with Crippen LogP contribution in [0.3, 0.4) is 0 Å². The number of anilines is 1. The van der Waals surface area contributed by atoms with Gasteiger partial charge in [0.25, 0.3) is 0 Å². The van der Waals surface area contributed by atoms with Gasteiger partial charge in [0.1, 0.15) is 6.04 Å². The van der Waals surface area contributed by atoms with E-state index in [1.54, 1.807) is 0 Å². The van der Waals surface area contributed by atoms with Crippen LogP contribution in [0.2, 0.25) is 0 Å². The molecule has 1 aromatic rings. The van der Waals surface area contributed by atoms with Crippen molar-refractivity contribution < 1.29 is 9.59 Å². The molecule has 2 saturated heterocycles. The van der Waals surface area contributed by atoms with Gasteiger partial charge in [-0.1, -0.05) is 26.0 Å². The van der Waals surface area contributed by atoms with Crippen molar-refractivity contribution >= 4 is 17.6 Å². The van der Waals surface area contributed by atoms with Crippen LogP contribution in [-0.4, -0.2) is 48.6 Å². The number of rotatable bonds is 4. The zero-order valence-corrected chi connectivity index (χ0v) is 17.7. The first-order valence-corrected chi connectivity index (χ1v) is 11.1. The number of piperidine rings is 1. The van der Waals surface area contributed by atoms with E-state index in [-0.39, 0.29) is 11.9 Å². The maximum absolute atomic E-state index is 12.5. The molecule has 0 radical (unpaired) electrons. The van der Waals surface area contributed by atoms with E-state index in [4.69, 9.17) is 0 Å². The molecule has 3 N–H and O–H groups in total. The number of urea groups is 1. The van der Waals surface area contributed by atoms with Crippen molar-refractivity contribution in [3.8, 4) is 0 Å². The summed E-state index contributed by atoms with van der Waals surface area (Å²) < 4.78 is 0. The second-order valence-electron chi connectivity index (χ2n) is 9.71. The summed E-state index contributed by atoms with van der Waals surface area (Å²) in [4.78, 5) is 25.6. The van der Waals surface area contributed by atoms with E-state index in [1.807, 2.05) is 4.90 Å². The summed E-state index contributed by atoms with van der Waals surface area (Å²) in [5, 5.41) is 8.98. The fourth-order valence-corrected chi connectivity index (χ4v) is 4.89. The summed E-state index contributed by atoms with van der Waals surface area (Å²) >= 11 is 0. The highest BCUT2D eigenvalue weighted by Gasteiger charge is 2.32. The largest absolute Gasteiger partial charge is 0.382 e. The second-order valence-corrected chi connectivity index (χ2v) is 9.71. The Labute approximate surface area is 173 Å². The van der Waals surface area contributed by atoms with Gasteiger partial charge in [0.2, 0.25) is 5.91 Å². The number of nitrogens with one attached hydrogen (secondary N) is 3. The van der Waals surface area contributed by atoms with Gasteiger partial charge < -0.3 is 20.9 Å². The van der Waals surface area contributed by atoms with Crippen molar-refractivity contribution in [2.45, 2.75) is 70.4 Å². The van der Waals surface area contributed by atoms with E-state index < -0.39 is 6.04 Å². The molecule has 4 rings (SSSR count). The van der Waals surface area contributed by atoms with Crippen LogP contribution in [0.4, 0.5) is 10.5 Å². The van der Waals surface area contributed by atoms with Crippen LogP contribution in [0.25, 0.3) is 0 Å². The molecule has 0 bridgehead atoms. The minimum Gasteiger partial charge on any atom is -0.382 e. The number of amides is 3. The third-order valence-corrected chi connectivity index (χ3v) is 6.97. The Kier molecular flexibility index (Phi) is 5.70. The molecular weight excluding hydrogens is 364 g/mol. The number of carbonyl (C=O) groups excluding carboxylic acids is 2. The Morgan fingerprint density at radius 3 is 2.31 bits per heavy atom. The molecule has 3 amide bonds. The molecule has 1 unspecified atom stereocenters. The molecule has 3 fully saturated rings. The summed E-state index contributed by atoms with van der Waals surface area (Å²) in [7, 11) is 0. The molecule has 1 aromatic carbocycles. The lowest BCUT2D eigenvalue weighted by molar-refractivity contribution is -0.133. The summed E-state index contributed by atoms with van der Waals surface area (Å²) in [6.07, 6.45) is 7.08. The number of hydrogen-bond acceptors (Lipinski definition) is 3. The molecule has 1 saturated carbocycles. The molecular formula is C23H34N4O2. The first-order valence-electron chi connectivity index (χ1n) is 11.1. The van der Waals surface area contributed by atoms with Crippen LogP contribution in [0.15, 0.2) is 24.3 Å². The van der Waals surface area contributed by atoms with Gasteiger partial charge in [-0.25, -0.2) is 4.79 Å². The van der Waals surface area contributed by atoms with Crippen LogP contribution >= 0.6 is 0 Å². The van der Waals surface area contributed by atoms with Crippen molar-refractivity contribution in [1.82, 2.24) is 15.5 Å². The van der Waals surface area contributed by atoms with Gasteiger partial charge in [-0.15, -0.1) is 0 Å². The summed E-state index contributed by atoms with van der Waals surface area (Å²) in [6, 6.07) is 8.74. The van der Waals surface area contributed by atoms with Gasteiger partial charge in [-0.3, -0.25) is 4.79 Å². The zero-order valence-electron chi connectivity index (χ0n) is 17.7. The lowest BCUT2D eigenvalue weighted by atomic mass is 9.71. The van der Waals surface area contributed by atoms with E-state index >= 15 is 0 Å². The van der Waals surface area contributed by atoms with E-state index in [1.165, 1.54) is 36.9 Å². The van der Waals surface area contributed by atoms with Crippen LogP contribution in [-0.2, 0) is 4.79 Å². The van der Waals surface area contributed by atoms with E-state index in [0.29, 0.717) is 23.9 Å². The average Bonchev–Trinajstić information content (AvgIpc) is 3.15. The van der Waals surface area contributed by atoms with Crippen LogP contribution < -0.4 is 16.0 Å². The van der Waals surface area contributed by atoms with Crippen molar-refractivity contribution in [2.75, 3.05) is 25.0 Å². The fraction of sp³-hybridized carbons (Fsp3) is 0.652. The van der Waals surface area contributed by atoms with Crippen LogP contribution in [0, 0.1) is 5.41 Å². The standard InChI is InChI=1S/C23H34N4O2/c1-23(2)11-7-17(8-12-23)16-3-5-18(6-4-16)25-19-9-13-27(14-10-19)21(28)20-15-24-22(29)26-20/h3-6,17,19-20,25H,7-15H2,1-2H3,(H2,24,26,29). The lowest BCUT2D eigenvalue weighted by Crippen LogP contribution is -2.50. The van der Waals surface area contributed by atoms with Gasteiger partial charge in [0.05, 0.1) is 0 Å². The predicted molar refractivity (Wildman–Crippen MR) is 115 cm³/mol. The summed E-state index contributed by atoms with van der Waals surface area (Å²) in [6.45, 7) is 6.63. The highest BCUT2D eigenvalue weighted by molar-refractivity contribution is 5.90. The van der Waals surface area contributed by atoms with Gasteiger partial charge in [-0.05, 0) is 67.6 Å². The van der Waals surface area contributed by atoms with Crippen molar-refractivity contribution in [3.63, 3.8) is 0 Å². The monoisotopic (exact) mass is 398 g/mol. The maximum Gasteiger partial charge on any atom is 0.315 e. The lowest BCUT2D eigenvalue weighted by Gasteiger charge is -2.35. The topological polar surface area (TPSA) is 73.5 Å². The van der Waals surface area contributed by atoms with E-state index in [2.05, 4.69) is 54.1 Å². The fourth-order valence-electron chi connectivity index (χ4n) is 4.89. The Balaban J connectivity index is 1.24. The quantitative estimate of drug-likeness (QED) is 0.727. The Bertz CT molecular complexity index is 728. The zero-order chi connectivity index (χ0) is 20.4. The third kappa shape index (κ3) is 4.85. The molecule has 29 heavy (non-hydrogen) atoms. The number of nitrogens with zero attached hydrogens (tertiary/aromatic N) is 1. The van der Waals surface area contributed by atoms with Crippen LogP contribution in [0.1, 0.15) is 63.9 Å². The molecule has 1 atom stereocenters. The molecule has 2 heterocycles. The minimum atomic E-state index is -0.412. The molecule has 6 nitrogen and oxygen atoms in total. The van der Waals surface area contributed by atoms with Crippen LogP contribution in [0.5, 0.6) is 0 Å². The number of carbonyl (C=O) groups is 2. The maximum atomic E-state index is 12.5. The number of hydrogen-bond donors (Lipinski definition) is 3.